The summed E-state index contributed by atoms with van der Waals surface area (Å²) in [5.41, 5.74) is -0.490. The van der Waals surface area contributed by atoms with E-state index in [-0.39, 0.29) is 27.7 Å². The lowest BCUT2D eigenvalue weighted by atomic mass is 10.2. The van der Waals surface area contributed by atoms with Crippen molar-refractivity contribution in [2.75, 3.05) is 5.32 Å². The van der Waals surface area contributed by atoms with Gasteiger partial charge in [0.25, 0.3) is 17.3 Å². The number of nitro benzene ring substituents is 2. The Kier molecular flexibility index (Phi) is 5.19. The molecule has 11 heteroatoms. The molecule has 0 saturated heterocycles. The first-order valence-electron chi connectivity index (χ1n) is 6.62. The van der Waals surface area contributed by atoms with Crippen LogP contribution in [0.4, 0.5) is 17.1 Å². The van der Waals surface area contributed by atoms with Crippen molar-refractivity contribution in [1.82, 2.24) is 5.32 Å². The number of nitrogens with one attached hydrogen (secondary N) is 2. The molecule has 2 aromatic rings. The molecular formula is C14H10N4O6S. The van der Waals surface area contributed by atoms with Crippen LogP contribution in [0.5, 0.6) is 5.75 Å². The number of carbonyl (C=O) groups is 1. The van der Waals surface area contributed by atoms with Gasteiger partial charge in [-0.25, -0.2) is 0 Å². The van der Waals surface area contributed by atoms with Crippen LogP contribution in [0.2, 0.25) is 0 Å². The number of nitrogens with zero attached hydrogens (tertiary/aromatic N) is 2. The average molecular weight is 362 g/mol. The molecule has 0 unspecified atom stereocenters. The molecule has 0 spiro atoms. The number of phenolic OH excluding ortho intramolecular Hbond substituents is 1. The first-order chi connectivity index (χ1) is 11.8. The van der Waals surface area contributed by atoms with Gasteiger partial charge in [-0.15, -0.1) is 0 Å². The molecule has 0 radical (unpaired) electrons. The van der Waals surface area contributed by atoms with Crippen LogP contribution in [-0.4, -0.2) is 26.0 Å². The molecule has 0 heterocycles. The van der Waals surface area contributed by atoms with Crippen molar-refractivity contribution >= 4 is 40.3 Å². The number of hydrogen-bond acceptors (Lipinski definition) is 7. The summed E-state index contributed by atoms with van der Waals surface area (Å²) in [6.07, 6.45) is 0. The van der Waals surface area contributed by atoms with Gasteiger partial charge in [0.15, 0.2) is 5.11 Å². The molecule has 0 saturated carbocycles. The molecule has 0 aliphatic carbocycles. The van der Waals surface area contributed by atoms with Crippen LogP contribution in [0.1, 0.15) is 10.4 Å². The fraction of sp³-hybridized carbons (Fsp3) is 0. The molecule has 128 valence electrons. The molecule has 0 aliphatic rings. The normalized spacial score (nSPS) is 9.92. The number of anilines is 1. The topological polar surface area (TPSA) is 148 Å². The summed E-state index contributed by atoms with van der Waals surface area (Å²) in [5.74, 6) is -1.12. The summed E-state index contributed by atoms with van der Waals surface area (Å²) in [4.78, 5) is 32.0. The number of phenols is 1. The summed E-state index contributed by atoms with van der Waals surface area (Å²) < 4.78 is 0. The summed E-state index contributed by atoms with van der Waals surface area (Å²) in [7, 11) is 0. The number of carbonyl (C=O) groups excluding carboxylic acids is 1. The van der Waals surface area contributed by atoms with Gasteiger partial charge in [0, 0.05) is 23.8 Å². The minimum atomic E-state index is -0.692. The van der Waals surface area contributed by atoms with Gasteiger partial charge in [-0.1, -0.05) is 6.07 Å². The number of hydrogen-bond donors (Lipinski definition) is 3. The van der Waals surface area contributed by atoms with Crippen LogP contribution in [0, 0.1) is 20.2 Å². The van der Waals surface area contributed by atoms with E-state index >= 15 is 0 Å². The van der Waals surface area contributed by atoms with Gasteiger partial charge in [0.1, 0.15) is 5.75 Å². The number of non-ortho nitro benzene ring substituents is 2. The third-order valence-electron chi connectivity index (χ3n) is 2.99. The van der Waals surface area contributed by atoms with Crippen LogP contribution in [-0.2, 0) is 0 Å². The van der Waals surface area contributed by atoms with Crippen molar-refractivity contribution in [1.29, 1.82) is 0 Å². The van der Waals surface area contributed by atoms with E-state index < -0.39 is 21.5 Å². The Morgan fingerprint density at radius 3 is 2.28 bits per heavy atom. The van der Waals surface area contributed by atoms with Crippen LogP contribution >= 0.6 is 12.2 Å². The maximum Gasteiger partial charge on any atom is 0.273 e. The van der Waals surface area contributed by atoms with Crippen LogP contribution < -0.4 is 10.6 Å². The van der Waals surface area contributed by atoms with Crippen molar-refractivity contribution in [3.8, 4) is 5.75 Å². The average Bonchev–Trinajstić information content (AvgIpc) is 2.56. The molecule has 0 bridgehead atoms. The van der Waals surface area contributed by atoms with Crippen LogP contribution in [0.3, 0.4) is 0 Å². The molecular weight excluding hydrogens is 352 g/mol. The SMILES string of the molecule is O=C(NC(=S)Nc1ccc([N+](=O)[O-])cc1O)c1cccc([N+](=O)[O-])c1. The molecule has 25 heavy (non-hydrogen) atoms. The third-order valence-corrected chi connectivity index (χ3v) is 3.19. The van der Waals surface area contributed by atoms with Gasteiger partial charge in [0.05, 0.1) is 21.6 Å². The molecule has 2 aromatic carbocycles. The first-order valence-corrected chi connectivity index (χ1v) is 7.03. The second kappa shape index (κ2) is 7.31. The van der Waals surface area contributed by atoms with Crippen molar-refractivity contribution < 1.29 is 19.7 Å². The first kappa shape index (κ1) is 17.7. The molecule has 3 N–H and O–H groups in total. The van der Waals surface area contributed by atoms with Crippen LogP contribution in [0.15, 0.2) is 42.5 Å². The smallest absolute Gasteiger partial charge is 0.273 e. The van der Waals surface area contributed by atoms with Crippen molar-refractivity contribution in [2.24, 2.45) is 0 Å². The second-order valence-corrected chi connectivity index (χ2v) is 5.08. The predicted molar refractivity (Wildman–Crippen MR) is 91.5 cm³/mol. The largest absolute Gasteiger partial charge is 0.506 e. The van der Waals surface area contributed by atoms with Gasteiger partial charge in [-0.3, -0.25) is 30.3 Å². The number of rotatable bonds is 4. The molecule has 2 rings (SSSR count). The Morgan fingerprint density at radius 1 is 1.04 bits per heavy atom. The van der Waals surface area contributed by atoms with Gasteiger partial charge in [0.2, 0.25) is 0 Å². The highest BCUT2D eigenvalue weighted by molar-refractivity contribution is 7.80. The maximum absolute atomic E-state index is 12.0. The number of aromatic hydroxyl groups is 1. The summed E-state index contributed by atoms with van der Waals surface area (Å²) in [6, 6.07) is 8.34. The Balaban J connectivity index is 2.07. The quantitative estimate of drug-likeness (QED) is 0.325. The lowest BCUT2D eigenvalue weighted by Gasteiger charge is -2.10. The van der Waals surface area contributed by atoms with E-state index in [9.17, 15) is 30.1 Å². The van der Waals surface area contributed by atoms with Crippen molar-refractivity contribution in [3.63, 3.8) is 0 Å². The predicted octanol–water partition coefficient (Wildman–Crippen LogP) is 2.34. The second-order valence-electron chi connectivity index (χ2n) is 4.67. The highest BCUT2D eigenvalue weighted by Gasteiger charge is 2.14. The number of amides is 1. The number of nitro groups is 2. The zero-order chi connectivity index (χ0) is 18.6. The molecule has 0 aromatic heterocycles. The van der Waals surface area contributed by atoms with E-state index in [1.54, 1.807) is 0 Å². The number of thiocarbonyl (C=S) groups is 1. The van der Waals surface area contributed by atoms with Gasteiger partial charge in [-0.2, -0.15) is 0 Å². The third kappa shape index (κ3) is 4.45. The summed E-state index contributed by atoms with van der Waals surface area (Å²) >= 11 is 4.92. The minimum absolute atomic E-state index is 0.0197. The molecule has 0 atom stereocenters. The zero-order valence-electron chi connectivity index (χ0n) is 12.3. The Labute approximate surface area is 145 Å². The van der Waals surface area contributed by atoms with E-state index in [1.807, 2.05) is 0 Å². The van der Waals surface area contributed by atoms with E-state index in [0.29, 0.717) is 0 Å². The Hall–Kier alpha value is -3.60. The van der Waals surface area contributed by atoms with E-state index in [0.717, 1.165) is 18.2 Å². The lowest BCUT2D eigenvalue weighted by Crippen LogP contribution is -2.34. The molecule has 0 fully saturated rings. The Morgan fingerprint density at radius 2 is 1.68 bits per heavy atom. The monoisotopic (exact) mass is 362 g/mol. The van der Waals surface area contributed by atoms with Gasteiger partial charge in [-0.05, 0) is 24.4 Å². The summed E-state index contributed by atoms with van der Waals surface area (Å²) in [5, 5.41) is 35.6. The lowest BCUT2D eigenvalue weighted by molar-refractivity contribution is -0.385. The molecule has 1 amide bonds. The van der Waals surface area contributed by atoms with E-state index in [1.165, 1.54) is 24.3 Å². The van der Waals surface area contributed by atoms with E-state index in [2.05, 4.69) is 10.6 Å². The minimum Gasteiger partial charge on any atom is -0.506 e. The molecule has 10 nitrogen and oxygen atoms in total. The van der Waals surface area contributed by atoms with Gasteiger partial charge >= 0.3 is 0 Å². The molecule has 0 aliphatic heterocycles. The summed E-state index contributed by atoms with van der Waals surface area (Å²) in [6.45, 7) is 0. The van der Waals surface area contributed by atoms with Crippen LogP contribution in [0.25, 0.3) is 0 Å². The standard InChI is InChI=1S/C14H10N4O6S/c19-12-7-10(18(23)24)4-5-11(12)15-14(25)16-13(20)8-2-1-3-9(6-8)17(21)22/h1-7,19H,(H2,15,16,20,25). The van der Waals surface area contributed by atoms with Crippen molar-refractivity contribution in [3.05, 3.63) is 68.3 Å². The fourth-order valence-corrected chi connectivity index (χ4v) is 2.03. The number of benzene rings is 2. The Bertz CT molecular complexity index is 885. The van der Waals surface area contributed by atoms with E-state index in [4.69, 9.17) is 12.2 Å². The van der Waals surface area contributed by atoms with Crippen molar-refractivity contribution in [2.45, 2.75) is 0 Å². The fourth-order valence-electron chi connectivity index (χ4n) is 1.83. The zero-order valence-corrected chi connectivity index (χ0v) is 13.1. The van der Waals surface area contributed by atoms with Gasteiger partial charge < -0.3 is 10.4 Å². The highest BCUT2D eigenvalue weighted by atomic mass is 32.1. The maximum atomic E-state index is 12.0. The highest BCUT2D eigenvalue weighted by Crippen LogP contribution is 2.27.